The van der Waals surface area contributed by atoms with Gasteiger partial charge in [-0.2, -0.15) is 4.98 Å². The molecule has 1 aliphatic rings. The smallest absolute Gasteiger partial charge is 0.223 e. The summed E-state index contributed by atoms with van der Waals surface area (Å²) >= 11 is 5.75. The molecule has 2 heterocycles. The maximum Gasteiger partial charge on any atom is 0.223 e. The van der Waals surface area contributed by atoms with E-state index in [4.69, 9.17) is 17.3 Å². The van der Waals surface area contributed by atoms with Gasteiger partial charge in [0.2, 0.25) is 11.9 Å². The van der Waals surface area contributed by atoms with Gasteiger partial charge in [-0.25, -0.2) is 4.98 Å². The van der Waals surface area contributed by atoms with Crippen LogP contribution in [0.4, 0.5) is 11.8 Å². The lowest BCUT2D eigenvalue weighted by Crippen LogP contribution is -2.42. The van der Waals surface area contributed by atoms with Gasteiger partial charge in [0.1, 0.15) is 11.0 Å². The summed E-state index contributed by atoms with van der Waals surface area (Å²) in [6.07, 6.45) is 1.29. The number of nitrogens with zero attached hydrogens (tertiary/aromatic N) is 2. The number of hydrogen-bond donors (Lipinski definition) is 3. The molecule has 16 heavy (non-hydrogen) atoms. The van der Waals surface area contributed by atoms with E-state index in [9.17, 15) is 4.79 Å². The first-order valence-corrected chi connectivity index (χ1v) is 5.34. The second-order valence-electron chi connectivity index (χ2n) is 3.62. The number of nitrogens with one attached hydrogen (secondary N) is 2. The number of nitrogens with two attached hydrogens (primary N) is 1. The van der Waals surface area contributed by atoms with Crippen molar-refractivity contribution in [3.05, 3.63) is 11.2 Å². The summed E-state index contributed by atoms with van der Waals surface area (Å²) in [6, 6.07) is 1.76. The maximum atomic E-state index is 11.0. The van der Waals surface area contributed by atoms with Gasteiger partial charge in [0.25, 0.3) is 0 Å². The number of carbonyl (C=O) groups excluding carboxylic acids is 1. The Balaban J connectivity index is 2.00. The van der Waals surface area contributed by atoms with Crippen molar-refractivity contribution in [1.29, 1.82) is 0 Å². The molecule has 4 N–H and O–H groups in total. The van der Waals surface area contributed by atoms with E-state index in [2.05, 4.69) is 20.6 Å². The number of nitrogen functional groups attached to an aromatic ring is 1. The highest BCUT2D eigenvalue weighted by molar-refractivity contribution is 6.29. The molecule has 1 atom stereocenters. The summed E-state index contributed by atoms with van der Waals surface area (Å²) in [5.74, 6) is 0.798. The minimum atomic E-state index is 0.0817. The lowest BCUT2D eigenvalue weighted by Gasteiger charge is -2.23. The van der Waals surface area contributed by atoms with Crippen LogP contribution in [0.1, 0.15) is 12.8 Å². The normalized spacial score (nSPS) is 20.3. The molecule has 1 aromatic rings. The highest BCUT2D eigenvalue weighted by atomic mass is 35.5. The van der Waals surface area contributed by atoms with Crippen LogP contribution in [-0.4, -0.2) is 28.5 Å². The predicted octanol–water partition coefficient (Wildman–Crippen LogP) is 0.403. The van der Waals surface area contributed by atoms with E-state index < -0.39 is 0 Å². The quantitative estimate of drug-likeness (QED) is 0.652. The van der Waals surface area contributed by atoms with Crippen LogP contribution in [0, 0.1) is 0 Å². The predicted molar refractivity (Wildman–Crippen MR) is 61.1 cm³/mol. The maximum absolute atomic E-state index is 11.0. The number of carbonyl (C=O) groups is 1. The summed E-state index contributed by atoms with van der Waals surface area (Å²) in [5.41, 5.74) is 5.47. The van der Waals surface area contributed by atoms with Crippen molar-refractivity contribution in [2.45, 2.75) is 18.9 Å². The number of halogens is 1. The van der Waals surface area contributed by atoms with Crippen LogP contribution in [0.2, 0.25) is 5.15 Å². The average molecular weight is 242 g/mol. The van der Waals surface area contributed by atoms with E-state index in [0.717, 1.165) is 6.42 Å². The Morgan fingerprint density at radius 2 is 2.38 bits per heavy atom. The molecular formula is C9H12ClN5O. The van der Waals surface area contributed by atoms with Crippen molar-refractivity contribution in [2.75, 3.05) is 17.6 Å². The van der Waals surface area contributed by atoms with Crippen molar-refractivity contribution in [3.63, 3.8) is 0 Å². The molecule has 0 bridgehead atoms. The molecule has 0 radical (unpaired) electrons. The summed E-state index contributed by atoms with van der Waals surface area (Å²) in [6.45, 7) is 0.584. The van der Waals surface area contributed by atoms with Crippen LogP contribution in [0.5, 0.6) is 0 Å². The third-order valence-corrected chi connectivity index (χ3v) is 2.52. The molecule has 1 unspecified atom stereocenters. The van der Waals surface area contributed by atoms with E-state index >= 15 is 0 Å². The zero-order chi connectivity index (χ0) is 11.5. The number of aromatic nitrogens is 2. The molecule has 0 spiro atoms. The minimum absolute atomic E-state index is 0.0817. The van der Waals surface area contributed by atoms with E-state index in [1.54, 1.807) is 6.07 Å². The van der Waals surface area contributed by atoms with Crippen LogP contribution >= 0.6 is 11.6 Å². The molecule has 1 aliphatic heterocycles. The van der Waals surface area contributed by atoms with Crippen molar-refractivity contribution in [3.8, 4) is 0 Å². The second-order valence-corrected chi connectivity index (χ2v) is 4.01. The van der Waals surface area contributed by atoms with E-state index in [1.807, 2.05) is 0 Å². The van der Waals surface area contributed by atoms with Gasteiger partial charge in [-0.1, -0.05) is 11.6 Å². The fourth-order valence-corrected chi connectivity index (χ4v) is 1.76. The third-order valence-electron chi connectivity index (χ3n) is 2.33. The van der Waals surface area contributed by atoms with E-state index in [1.165, 1.54) is 0 Å². The molecule has 0 aromatic carbocycles. The number of amides is 1. The molecule has 1 fully saturated rings. The standard InChI is InChI=1S/C9H12ClN5O/c10-6-3-7(15-9(11)14-6)13-5-1-2-8(16)12-4-5/h3,5H,1-2,4H2,(H,12,16)(H3,11,13,14,15). The first-order valence-electron chi connectivity index (χ1n) is 4.97. The number of piperidine rings is 1. The summed E-state index contributed by atoms with van der Waals surface area (Å²) < 4.78 is 0. The molecule has 1 aromatic heterocycles. The van der Waals surface area contributed by atoms with Crippen molar-refractivity contribution < 1.29 is 4.79 Å². The van der Waals surface area contributed by atoms with Crippen molar-refractivity contribution in [1.82, 2.24) is 15.3 Å². The molecule has 0 saturated carbocycles. The number of hydrogen-bond acceptors (Lipinski definition) is 5. The van der Waals surface area contributed by atoms with Gasteiger partial charge in [-0.05, 0) is 6.42 Å². The van der Waals surface area contributed by atoms with Gasteiger partial charge in [0, 0.05) is 25.1 Å². The summed E-state index contributed by atoms with van der Waals surface area (Å²) in [5, 5.41) is 6.23. The lowest BCUT2D eigenvalue weighted by molar-refractivity contribution is -0.122. The average Bonchev–Trinajstić information content (AvgIpc) is 2.20. The SMILES string of the molecule is Nc1nc(Cl)cc(NC2CCC(=O)NC2)n1. The van der Waals surface area contributed by atoms with Gasteiger partial charge in [-0.15, -0.1) is 0 Å². The molecule has 0 aliphatic carbocycles. The first kappa shape index (κ1) is 10.9. The second kappa shape index (κ2) is 4.52. The molecule has 7 heteroatoms. The van der Waals surface area contributed by atoms with Gasteiger partial charge in [-0.3, -0.25) is 4.79 Å². The van der Waals surface area contributed by atoms with Crippen LogP contribution in [0.15, 0.2) is 6.07 Å². The summed E-state index contributed by atoms with van der Waals surface area (Å²) in [7, 11) is 0. The molecular weight excluding hydrogens is 230 g/mol. The molecule has 1 amide bonds. The van der Waals surface area contributed by atoms with Crippen LogP contribution in [0.3, 0.4) is 0 Å². The number of anilines is 2. The fraction of sp³-hybridized carbons (Fsp3) is 0.444. The fourth-order valence-electron chi connectivity index (χ4n) is 1.57. The van der Waals surface area contributed by atoms with Gasteiger partial charge in [0.15, 0.2) is 0 Å². The van der Waals surface area contributed by atoms with Gasteiger partial charge < -0.3 is 16.4 Å². The zero-order valence-electron chi connectivity index (χ0n) is 8.53. The Hall–Kier alpha value is -1.56. The topological polar surface area (TPSA) is 92.9 Å². The largest absolute Gasteiger partial charge is 0.368 e. The Morgan fingerprint density at radius 3 is 3.00 bits per heavy atom. The molecule has 86 valence electrons. The Labute approximate surface area is 97.6 Å². The van der Waals surface area contributed by atoms with E-state index in [-0.39, 0.29) is 17.9 Å². The minimum Gasteiger partial charge on any atom is -0.368 e. The van der Waals surface area contributed by atoms with Crippen LogP contribution in [-0.2, 0) is 4.79 Å². The highest BCUT2D eigenvalue weighted by Crippen LogP contribution is 2.15. The molecule has 6 nitrogen and oxygen atoms in total. The first-order chi connectivity index (χ1) is 7.63. The monoisotopic (exact) mass is 241 g/mol. The van der Waals surface area contributed by atoms with Crippen LogP contribution < -0.4 is 16.4 Å². The zero-order valence-corrected chi connectivity index (χ0v) is 9.29. The van der Waals surface area contributed by atoms with Gasteiger partial charge in [0.05, 0.1) is 0 Å². The third kappa shape index (κ3) is 2.73. The molecule has 2 rings (SSSR count). The van der Waals surface area contributed by atoms with Gasteiger partial charge >= 0.3 is 0 Å². The lowest BCUT2D eigenvalue weighted by atomic mass is 10.1. The summed E-state index contributed by atoms with van der Waals surface area (Å²) in [4.78, 5) is 18.7. The van der Waals surface area contributed by atoms with Crippen molar-refractivity contribution in [2.24, 2.45) is 0 Å². The Bertz CT molecular complexity index is 381. The number of rotatable bonds is 2. The Kier molecular flexibility index (Phi) is 3.09. The highest BCUT2D eigenvalue weighted by Gasteiger charge is 2.18. The van der Waals surface area contributed by atoms with Crippen molar-refractivity contribution >= 4 is 29.3 Å². The molecule has 1 saturated heterocycles. The Morgan fingerprint density at radius 1 is 1.56 bits per heavy atom. The van der Waals surface area contributed by atoms with E-state index in [0.29, 0.717) is 23.9 Å². The van der Waals surface area contributed by atoms with Crippen LogP contribution in [0.25, 0.3) is 0 Å².